The van der Waals surface area contributed by atoms with Gasteiger partial charge in [-0.1, -0.05) is 6.07 Å². The smallest absolute Gasteiger partial charge is 0.326 e. The van der Waals surface area contributed by atoms with Crippen LogP contribution in [0.4, 0.5) is 0 Å². The molecule has 20 heavy (non-hydrogen) atoms. The van der Waals surface area contributed by atoms with Crippen molar-refractivity contribution in [2.24, 2.45) is 5.73 Å². The summed E-state index contributed by atoms with van der Waals surface area (Å²) in [5, 5.41) is 12.1. The molecular formula is C13H13N3O4. The van der Waals surface area contributed by atoms with E-state index < -0.39 is 30.2 Å². The summed E-state index contributed by atoms with van der Waals surface area (Å²) < 4.78 is 0. The molecule has 0 spiro atoms. The van der Waals surface area contributed by atoms with Gasteiger partial charge in [0.1, 0.15) is 6.04 Å². The topological polar surface area (TPSA) is 125 Å². The first-order chi connectivity index (χ1) is 9.47. The van der Waals surface area contributed by atoms with E-state index in [9.17, 15) is 14.4 Å². The first-order valence-corrected chi connectivity index (χ1v) is 5.86. The standard InChI is InChI=1S/C13H13N3O4/c14-11(17)6-10(13(19)20)16-12(18)8-2-1-7-3-4-15-9(7)5-8/h1-5,10,15H,6H2,(H2,14,17)(H,16,18)(H,19,20)/t10-/m1/s1. The van der Waals surface area contributed by atoms with Gasteiger partial charge in [0.15, 0.2) is 0 Å². The van der Waals surface area contributed by atoms with E-state index in [2.05, 4.69) is 10.3 Å². The summed E-state index contributed by atoms with van der Waals surface area (Å²) in [5.74, 6) is -2.68. The number of carbonyl (C=O) groups is 3. The van der Waals surface area contributed by atoms with Crippen molar-refractivity contribution in [3.63, 3.8) is 0 Å². The molecule has 7 heteroatoms. The van der Waals surface area contributed by atoms with E-state index in [0.717, 1.165) is 10.9 Å². The second-order valence-electron chi connectivity index (χ2n) is 4.31. The van der Waals surface area contributed by atoms with Gasteiger partial charge >= 0.3 is 5.97 Å². The molecule has 0 saturated heterocycles. The Morgan fingerprint density at radius 3 is 2.70 bits per heavy atom. The number of fused-ring (bicyclic) bond motifs is 1. The number of hydrogen-bond donors (Lipinski definition) is 4. The largest absolute Gasteiger partial charge is 0.480 e. The second-order valence-corrected chi connectivity index (χ2v) is 4.31. The summed E-state index contributed by atoms with van der Waals surface area (Å²) in [6, 6.07) is 5.44. The molecule has 0 aliphatic carbocycles. The molecule has 1 aromatic carbocycles. The Bertz CT molecular complexity index is 677. The van der Waals surface area contributed by atoms with Gasteiger partial charge in [-0.2, -0.15) is 0 Å². The zero-order valence-electron chi connectivity index (χ0n) is 10.4. The summed E-state index contributed by atoms with van der Waals surface area (Å²) >= 11 is 0. The van der Waals surface area contributed by atoms with Crippen LogP contribution in [-0.2, 0) is 9.59 Å². The third-order valence-corrected chi connectivity index (χ3v) is 2.83. The molecule has 0 aliphatic heterocycles. The fraction of sp³-hybridized carbons (Fsp3) is 0.154. The van der Waals surface area contributed by atoms with Crippen molar-refractivity contribution in [3.05, 3.63) is 36.0 Å². The number of H-pyrrole nitrogens is 1. The van der Waals surface area contributed by atoms with Crippen LogP contribution in [0.2, 0.25) is 0 Å². The first kappa shape index (κ1) is 13.6. The van der Waals surface area contributed by atoms with E-state index in [4.69, 9.17) is 10.8 Å². The Balaban J connectivity index is 2.17. The molecule has 0 bridgehead atoms. The normalized spacial score (nSPS) is 12.0. The molecule has 1 aromatic heterocycles. The molecular weight excluding hydrogens is 262 g/mol. The van der Waals surface area contributed by atoms with Crippen LogP contribution < -0.4 is 11.1 Å². The van der Waals surface area contributed by atoms with Crippen LogP contribution in [0.25, 0.3) is 10.9 Å². The minimum Gasteiger partial charge on any atom is -0.480 e. The first-order valence-electron chi connectivity index (χ1n) is 5.86. The lowest BCUT2D eigenvalue weighted by Crippen LogP contribution is -2.43. The van der Waals surface area contributed by atoms with Gasteiger partial charge in [0.05, 0.1) is 6.42 Å². The van der Waals surface area contributed by atoms with Crippen molar-refractivity contribution in [1.29, 1.82) is 0 Å². The van der Waals surface area contributed by atoms with Crippen LogP contribution in [0.3, 0.4) is 0 Å². The van der Waals surface area contributed by atoms with Gasteiger partial charge in [-0.25, -0.2) is 4.79 Å². The van der Waals surface area contributed by atoms with Crippen LogP contribution in [0.5, 0.6) is 0 Å². The number of aliphatic carboxylic acids is 1. The third-order valence-electron chi connectivity index (χ3n) is 2.83. The number of primary amides is 1. The molecule has 7 nitrogen and oxygen atoms in total. The number of nitrogens with one attached hydrogen (secondary N) is 2. The number of aromatic amines is 1. The predicted molar refractivity (Wildman–Crippen MR) is 71.0 cm³/mol. The fourth-order valence-electron chi connectivity index (χ4n) is 1.83. The Hall–Kier alpha value is -2.83. The van der Waals surface area contributed by atoms with Gasteiger partial charge < -0.3 is 21.1 Å². The van der Waals surface area contributed by atoms with E-state index in [0.29, 0.717) is 5.56 Å². The van der Waals surface area contributed by atoms with E-state index in [1.165, 1.54) is 0 Å². The maximum Gasteiger partial charge on any atom is 0.326 e. The van der Waals surface area contributed by atoms with Gasteiger partial charge in [-0.15, -0.1) is 0 Å². The van der Waals surface area contributed by atoms with Gasteiger partial charge in [-0.3, -0.25) is 9.59 Å². The molecule has 0 aliphatic rings. The number of nitrogens with two attached hydrogens (primary N) is 1. The van der Waals surface area contributed by atoms with Crippen LogP contribution in [-0.4, -0.2) is 33.9 Å². The number of amides is 2. The van der Waals surface area contributed by atoms with Crippen LogP contribution in [0.1, 0.15) is 16.8 Å². The van der Waals surface area contributed by atoms with Crippen molar-refractivity contribution in [2.75, 3.05) is 0 Å². The highest BCUT2D eigenvalue weighted by molar-refractivity contribution is 6.00. The summed E-state index contributed by atoms with van der Waals surface area (Å²) in [4.78, 5) is 36.6. The predicted octanol–water partition coefficient (Wildman–Crippen LogP) is 0.226. The van der Waals surface area contributed by atoms with Crippen molar-refractivity contribution >= 4 is 28.7 Å². The highest BCUT2D eigenvalue weighted by atomic mass is 16.4. The van der Waals surface area contributed by atoms with Crippen molar-refractivity contribution in [1.82, 2.24) is 10.3 Å². The van der Waals surface area contributed by atoms with E-state index >= 15 is 0 Å². The quantitative estimate of drug-likeness (QED) is 0.623. The maximum absolute atomic E-state index is 12.0. The number of rotatable bonds is 5. The molecule has 0 radical (unpaired) electrons. The van der Waals surface area contributed by atoms with Gasteiger partial charge in [-0.05, 0) is 23.6 Å². The average molecular weight is 275 g/mol. The van der Waals surface area contributed by atoms with E-state index in [1.807, 2.05) is 6.07 Å². The van der Waals surface area contributed by atoms with Gasteiger partial charge in [0.25, 0.3) is 5.91 Å². The molecule has 0 fully saturated rings. The summed E-state index contributed by atoms with van der Waals surface area (Å²) in [7, 11) is 0. The SMILES string of the molecule is NC(=O)C[C@@H](NC(=O)c1ccc2cc[nH]c2c1)C(=O)O. The number of benzene rings is 1. The van der Waals surface area contributed by atoms with Crippen LogP contribution >= 0.6 is 0 Å². The molecule has 1 atom stereocenters. The Morgan fingerprint density at radius 2 is 2.05 bits per heavy atom. The summed E-state index contributed by atoms with van der Waals surface area (Å²) in [6.45, 7) is 0. The zero-order chi connectivity index (χ0) is 14.7. The number of carboxylic acid groups (broad SMARTS) is 1. The monoisotopic (exact) mass is 275 g/mol. The van der Waals surface area contributed by atoms with E-state index in [1.54, 1.807) is 24.4 Å². The highest BCUT2D eigenvalue weighted by Gasteiger charge is 2.22. The van der Waals surface area contributed by atoms with Crippen molar-refractivity contribution in [3.8, 4) is 0 Å². The average Bonchev–Trinajstić information content (AvgIpc) is 2.84. The molecule has 104 valence electrons. The molecule has 2 aromatic rings. The number of aromatic nitrogens is 1. The van der Waals surface area contributed by atoms with Crippen molar-refractivity contribution in [2.45, 2.75) is 12.5 Å². The maximum atomic E-state index is 12.0. The van der Waals surface area contributed by atoms with E-state index in [-0.39, 0.29) is 0 Å². The Kier molecular flexibility index (Phi) is 3.69. The molecule has 1 heterocycles. The molecule has 2 amide bonds. The molecule has 2 rings (SSSR count). The Morgan fingerprint density at radius 1 is 1.30 bits per heavy atom. The Labute approximate surface area is 113 Å². The minimum absolute atomic E-state index is 0.302. The number of hydrogen-bond acceptors (Lipinski definition) is 3. The minimum atomic E-state index is -1.33. The third kappa shape index (κ3) is 2.94. The van der Waals surface area contributed by atoms with Crippen LogP contribution in [0, 0.1) is 0 Å². The summed E-state index contributed by atoms with van der Waals surface area (Å²) in [6.07, 6.45) is 1.28. The number of carbonyl (C=O) groups excluding carboxylic acids is 2. The zero-order valence-corrected chi connectivity index (χ0v) is 10.4. The lowest BCUT2D eigenvalue weighted by atomic mass is 10.1. The van der Waals surface area contributed by atoms with Crippen LogP contribution in [0.15, 0.2) is 30.5 Å². The number of carboxylic acids is 1. The van der Waals surface area contributed by atoms with Gasteiger partial charge in [0, 0.05) is 17.3 Å². The van der Waals surface area contributed by atoms with Gasteiger partial charge in [0.2, 0.25) is 5.91 Å². The fourth-order valence-corrected chi connectivity index (χ4v) is 1.83. The molecule has 0 unspecified atom stereocenters. The van der Waals surface area contributed by atoms with Crippen molar-refractivity contribution < 1.29 is 19.5 Å². The molecule has 5 N–H and O–H groups in total. The second kappa shape index (κ2) is 5.43. The molecule has 0 saturated carbocycles. The lowest BCUT2D eigenvalue weighted by molar-refractivity contribution is -0.140. The lowest BCUT2D eigenvalue weighted by Gasteiger charge is -2.12. The highest BCUT2D eigenvalue weighted by Crippen LogP contribution is 2.14. The summed E-state index contributed by atoms with van der Waals surface area (Å²) in [5.41, 5.74) is 6.01.